The number of hydrogen-bond acceptors (Lipinski definition) is 3. The number of imide groups is 1. The third kappa shape index (κ3) is 1.86. The highest BCUT2D eigenvalue weighted by molar-refractivity contribution is 6.15. The highest BCUT2D eigenvalue weighted by atomic mass is 16.2. The Balaban J connectivity index is 2.18. The van der Waals surface area contributed by atoms with E-state index in [1.807, 2.05) is 19.1 Å². The van der Waals surface area contributed by atoms with Gasteiger partial charge in [-0.2, -0.15) is 0 Å². The van der Waals surface area contributed by atoms with Gasteiger partial charge in [-0.1, -0.05) is 6.07 Å². The highest BCUT2D eigenvalue weighted by Crippen LogP contribution is 2.14. The molecule has 1 aliphatic heterocycles. The van der Waals surface area contributed by atoms with Crippen LogP contribution in [0.5, 0.6) is 0 Å². The van der Waals surface area contributed by atoms with Crippen LogP contribution in [-0.2, 0) is 16.1 Å². The first kappa shape index (κ1) is 10.5. The molecule has 0 aliphatic carbocycles. The summed E-state index contributed by atoms with van der Waals surface area (Å²) in [5.41, 5.74) is 2.09. The molecule has 0 spiro atoms. The van der Waals surface area contributed by atoms with Gasteiger partial charge in [-0.3, -0.25) is 19.5 Å². The molecule has 0 unspecified atom stereocenters. The smallest absolute Gasteiger partial charge is 0.256 e. The Kier molecular flexibility index (Phi) is 2.56. The Morgan fingerprint density at radius 2 is 2.00 bits per heavy atom. The minimum atomic E-state index is -0.259. The second-order valence-corrected chi connectivity index (χ2v) is 3.83. The summed E-state index contributed by atoms with van der Waals surface area (Å²) in [4.78, 5) is 28.6. The largest absolute Gasteiger partial charge is 0.269 e. The van der Waals surface area contributed by atoms with Crippen LogP contribution in [0.3, 0.4) is 0 Å². The summed E-state index contributed by atoms with van der Waals surface area (Å²) in [6.45, 7) is 3.76. The summed E-state index contributed by atoms with van der Waals surface area (Å²) in [5, 5.41) is 0. The van der Waals surface area contributed by atoms with Gasteiger partial charge in [0.2, 0.25) is 0 Å². The summed E-state index contributed by atoms with van der Waals surface area (Å²) in [6.07, 6.45) is 1.36. The summed E-state index contributed by atoms with van der Waals surface area (Å²) < 4.78 is 0. The van der Waals surface area contributed by atoms with Gasteiger partial charge in [-0.25, -0.2) is 0 Å². The van der Waals surface area contributed by atoms with Crippen LogP contribution < -0.4 is 0 Å². The van der Waals surface area contributed by atoms with Crippen molar-refractivity contribution >= 4 is 11.8 Å². The van der Waals surface area contributed by atoms with Gasteiger partial charge < -0.3 is 0 Å². The summed E-state index contributed by atoms with van der Waals surface area (Å²) in [6, 6.07) is 5.55. The molecule has 2 amide bonds. The van der Waals surface area contributed by atoms with Crippen molar-refractivity contribution in [2.45, 2.75) is 20.4 Å². The number of aromatic nitrogens is 1. The van der Waals surface area contributed by atoms with Crippen LogP contribution in [0.4, 0.5) is 0 Å². The first-order valence-corrected chi connectivity index (χ1v) is 5.04. The van der Waals surface area contributed by atoms with Crippen LogP contribution in [0.25, 0.3) is 0 Å². The zero-order valence-corrected chi connectivity index (χ0v) is 9.23. The number of carbonyl (C=O) groups is 2. The van der Waals surface area contributed by atoms with E-state index in [4.69, 9.17) is 0 Å². The normalized spacial score (nSPS) is 15.6. The molecular formula is C12H12N2O2. The van der Waals surface area contributed by atoms with Gasteiger partial charge in [0.1, 0.15) is 0 Å². The van der Waals surface area contributed by atoms with E-state index < -0.39 is 0 Å². The van der Waals surface area contributed by atoms with E-state index in [1.54, 1.807) is 13.0 Å². The molecule has 0 saturated carbocycles. The van der Waals surface area contributed by atoms with Crippen molar-refractivity contribution in [3.63, 3.8) is 0 Å². The maximum atomic E-state index is 11.6. The molecule has 1 aliphatic rings. The first-order chi connectivity index (χ1) is 7.58. The minimum Gasteiger partial charge on any atom is -0.269 e. The van der Waals surface area contributed by atoms with Crippen molar-refractivity contribution < 1.29 is 9.59 Å². The van der Waals surface area contributed by atoms with E-state index in [0.29, 0.717) is 5.57 Å². The molecule has 0 aromatic carbocycles. The Labute approximate surface area is 93.6 Å². The van der Waals surface area contributed by atoms with Gasteiger partial charge in [0.05, 0.1) is 12.2 Å². The molecule has 2 rings (SSSR count). The van der Waals surface area contributed by atoms with Crippen LogP contribution in [0, 0.1) is 6.92 Å². The molecule has 0 fully saturated rings. The molecule has 0 saturated heterocycles. The van der Waals surface area contributed by atoms with Crippen molar-refractivity contribution in [3.8, 4) is 0 Å². The second kappa shape index (κ2) is 3.89. The van der Waals surface area contributed by atoms with E-state index in [2.05, 4.69) is 4.98 Å². The summed E-state index contributed by atoms with van der Waals surface area (Å²) in [7, 11) is 0. The fourth-order valence-corrected chi connectivity index (χ4v) is 1.64. The molecule has 0 bridgehead atoms. The van der Waals surface area contributed by atoms with Crippen LogP contribution >= 0.6 is 0 Å². The lowest BCUT2D eigenvalue weighted by Gasteiger charge is -2.13. The third-order valence-corrected chi connectivity index (χ3v) is 2.45. The zero-order valence-electron chi connectivity index (χ0n) is 9.23. The van der Waals surface area contributed by atoms with E-state index >= 15 is 0 Å². The lowest BCUT2D eigenvalue weighted by molar-refractivity contribution is -0.137. The topological polar surface area (TPSA) is 50.3 Å². The van der Waals surface area contributed by atoms with Crippen molar-refractivity contribution in [1.29, 1.82) is 0 Å². The molecule has 4 heteroatoms. The Morgan fingerprint density at radius 1 is 1.25 bits per heavy atom. The number of amides is 2. The van der Waals surface area contributed by atoms with Crippen LogP contribution in [0.1, 0.15) is 18.3 Å². The fraction of sp³-hybridized carbons (Fsp3) is 0.250. The minimum absolute atomic E-state index is 0.228. The van der Waals surface area contributed by atoms with E-state index in [1.165, 1.54) is 11.0 Å². The monoisotopic (exact) mass is 216 g/mol. The molecule has 0 atom stereocenters. The Bertz CT molecular complexity index is 492. The predicted octanol–water partition coefficient (Wildman–Crippen LogP) is 1.21. The maximum absolute atomic E-state index is 11.6. The van der Waals surface area contributed by atoms with Gasteiger partial charge in [0.25, 0.3) is 11.8 Å². The van der Waals surface area contributed by atoms with Crippen LogP contribution in [0.15, 0.2) is 29.8 Å². The standard InChI is InChI=1S/C12H12N2O2/c1-8-6-11(15)14(12(8)16)7-10-5-3-4-9(2)13-10/h3-6H,7H2,1-2H3. The predicted molar refractivity (Wildman–Crippen MR) is 58.3 cm³/mol. The van der Waals surface area contributed by atoms with Crippen LogP contribution in [0.2, 0.25) is 0 Å². The molecule has 4 nitrogen and oxygen atoms in total. The number of hydrogen-bond donors (Lipinski definition) is 0. The maximum Gasteiger partial charge on any atom is 0.256 e. The lowest BCUT2D eigenvalue weighted by atomic mass is 10.3. The highest BCUT2D eigenvalue weighted by Gasteiger charge is 2.28. The number of pyridine rings is 1. The molecular weight excluding hydrogens is 204 g/mol. The lowest BCUT2D eigenvalue weighted by Crippen LogP contribution is -2.30. The van der Waals surface area contributed by atoms with Gasteiger partial charge >= 0.3 is 0 Å². The Hall–Kier alpha value is -1.97. The van der Waals surface area contributed by atoms with Gasteiger partial charge in [0, 0.05) is 17.3 Å². The summed E-state index contributed by atoms with van der Waals surface area (Å²) in [5.74, 6) is -0.487. The molecule has 1 aromatic rings. The molecule has 0 N–H and O–H groups in total. The summed E-state index contributed by atoms with van der Waals surface area (Å²) >= 11 is 0. The number of aryl methyl sites for hydroxylation is 1. The molecule has 2 heterocycles. The average molecular weight is 216 g/mol. The molecule has 82 valence electrons. The number of rotatable bonds is 2. The van der Waals surface area contributed by atoms with Crippen molar-refractivity contribution in [3.05, 3.63) is 41.2 Å². The molecule has 1 aromatic heterocycles. The zero-order chi connectivity index (χ0) is 11.7. The Morgan fingerprint density at radius 3 is 2.56 bits per heavy atom. The third-order valence-electron chi connectivity index (χ3n) is 2.45. The van der Waals surface area contributed by atoms with Gasteiger partial charge in [-0.05, 0) is 26.0 Å². The van der Waals surface area contributed by atoms with Crippen molar-refractivity contribution in [1.82, 2.24) is 9.88 Å². The number of nitrogens with zero attached hydrogens (tertiary/aromatic N) is 2. The fourth-order valence-electron chi connectivity index (χ4n) is 1.64. The van der Waals surface area contributed by atoms with E-state index in [-0.39, 0.29) is 18.4 Å². The van der Waals surface area contributed by atoms with Crippen molar-refractivity contribution in [2.75, 3.05) is 0 Å². The molecule has 0 radical (unpaired) electrons. The first-order valence-electron chi connectivity index (χ1n) is 5.04. The quantitative estimate of drug-likeness (QED) is 0.698. The van der Waals surface area contributed by atoms with Crippen LogP contribution in [-0.4, -0.2) is 21.7 Å². The molecule has 16 heavy (non-hydrogen) atoms. The van der Waals surface area contributed by atoms with Gasteiger partial charge in [0.15, 0.2) is 0 Å². The van der Waals surface area contributed by atoms with Gasteiger partial charge in [-0.15, -0.1) is 0 Å². The number of carbonyl (C=O) groups excluding carboxylic acids is 2. The SMILES string of the molecule is CC1=CC(=O)N(Cc2cccc(C)n2)C1=O. The van der Waals surface area contributed by atoms with E-state index in [0.717, 1.165) is 11.4 Å². The average Bonchev–Trinajstić information content (AvgIpc) is 2.45. The second-order valence-electron chi connectivity index (χ2n) is 3.83. The van der Waals surface area contributed by atoms with Crippen molar-refractivity contribution in [2.24, 2.45) is 0 Å². The van der Waals surface area contributed by atoms with E-state index in [9.17, 15) is 9.59 Å².